The van der Waals surface area contributed by atoms with Gasteiger partial charge in [0.2, 0.25) is 0 Å². The molecular weight excluding hydrogens is 386 g/mol. The van der Waals surface area contributed by atoms with Crippen LogP contribution in [0.5, 0.6) is 11.5 Å². The molecule has 10 heteroatoms. The number of carboxylic acids is 1. The Bertz CT molecular complexity index is 987. The summed E-state index contributed by atoms with van der Waals surface area (Å²) in [6, 6.07) is 5.68. The number of rotatable bonds is 7. The van der Waals surface area contributed by atoms with E-state index in [1.807, 2.05) is 4.90 Å². The predicted octanol–water partition coefficient (Wildman–Crippen LogP) is 2.20. The number of pyridine rings is 1. The Hall–Kier alpha value is -3.01. The second-order valence-corrected chi connectivity index (χ2v) is 7.87. The van der Waals surface area contributed by atoms with Crippen LogP contribution in [0.25, 0.3) is 0 Å². The van der Waals surface area contributed by atoms with Gasteiger partial charge in [-0.25, -0.2) is 18.2 Å². The van der Waals surface area contributed by atoms with E-state index in [-0.39, 0.29) is 21.9 Å². The molecular formula is C18H21N3O6S. The number of carboxylic acid groups (broad SMARTS) is 1. The summed E-state index contributed by atoms with van der Waals surface area (Å²) < 4.78 is 38.9. The molecule has 0 spiro atoms. The van der Waals surface area contributed by atoms with E-state index < -0.39 is 16.0 Å². The lowest BCUT2D eigenvalue weighted by atomic mass is 10.2. The van der Waals surface area contributed by atoms with Gasteiger partial charge in [0.1, 0.15) is 16.4 Å². The van der Waals surface area contributed by atoms with Crippen LogP contribution in [0.15, 0.2) is 35.4 Å². The fourth-order valence-corrected chi connectivity index (χ4v) is 4.26. The number of nitrogens with one attached hydrogen (secondary N) is 1. The third-order valence-corrected chi connectivity index (χ3v) is 5.81. The lowest BCUT2D eigenvalue weighted by Crippen LogP contribution is -2.23. The standard InChI is InChI=1S/C18H21N3O6S/c1-26-13-5-6-15(27-2)16(10-13)28(24,25)20-14-9-12(18(22)23)11-19-17(14)21-7-3-4-8-21/h5-6,9-11,20H,3-4,7-8H2,1-2H3,(H,22,23). The summed E-state index contributed by atoms with van der Waals surface area (Å²) in [5, 5.41) is 9.26. The topological polar surface area (TPSA) is 118 Å². The predicted molar refractivity (Wildman–Crippen MR) is 103 cm³/mol. The third-order valence-electron chi connectivity index (χ3n) is 4.42. The first-order chi connectivity index (χ1) is 13.4. The summed E-state index contributed by atoms with van der Waals surface area (Å²) in [4.78, 5) is 17.3. The molecule has 28 heavy (non-hydrogen) atoms. The summed E-state index contributed by atoms with van der Waals surface area (Å²) >= 11 is 0. The Morgan fingerprint density at radius 3 is 2.50 bits per heavy atom. The SMILES string of the molecule is COc1ccc(OC)c(S(=O)(=O)Nc2cc(C(=O)O)cnc2N2CCCC2)c1. The number of aromatic nitrogens is 1. The summed E-state index contributed by atoms with van der Waals surface area (Å²) in [6.45, 7) is 1.44. The van der Waals surface area contributed by atoms with E-state index in [1.165, 1.54) is 38.6 Å². The molecule has 1 aliphatic heterocycles. The first-order valence-electron chi connectivity index (χ1n) is 8.59. The molecule has 0 amide bonds. The van der Waals surface area contributed by atoms with Crippen LogP contribution >= 0.6 is 0 Å². The van der Waals surface area contributed by atoms with Gasteiger partial charge in [0.05, 0.1) is 25.5 Å². The molecule has 9 nitrogen and oxygen atoms in total. The largest absolute Gasteiger partial charge is 0.497 e. The molecule has 0 saturated carbocycles. The molecule has 1 saturated heterocycles. The van der Waals surface area contributed by atoms with E-state index >= 15 is 0 Å². The zero-order valence-corrected chi connectivity index (χ0v) is 16.3. The van der Waals surface area contributed by atoms with Gasteiger partial charge in [0.25, 0.3) is 10.0 Å². The normalized spacial score (nSPS) is 14.0. The number of hydrogen-bond donors (Lipinski definition) is 2. The van der Waals surface area contributed by atoms with Gasteiger partial charge in [0.15, 0.2) is 5.82 Å². The first-order valence-corrected chi connectivity index (χ1v) is 10.1. The van der Waals surface area contributed by atoms with Crippen molar-refractivity contribution in [3.8, 4) is 11.5 Å². The van der Waals surface area contributed by atoms with Gasteiger partial charge in [-0.1, -0.05) is 0 Å². The molecule has 0 aliphatic carbocycles. The van der Waals surface area contributed by atoms with Gasteiger partial charge in [-0.3, -0.25) is 4.72 Å². The van der Waals surface area contributed by atoms with E-state index in [4.69, 9.17) is 9.47 Å². The van der Waals surface area contributed by atoms with Crippen LogP contribution in [-0.2, 0) is 10.0 Å². The number of nitrogens with zero attached hydrogens (tertiary/aromatic N) is 2. The molecule has 1 aromatic carbocycles. The maximum absolute atomic E-state index is 13.1. The van der Waals surface area contributed by atoms with Gasteiger partial charge < -0.3 is 19.5 Å². The molecule has 150 valence electrons. The second kappa shape index (κ2) is 7.93. The van der Waals surface area contributed by atoms with Crippen LogP contribution in [0.4, 0.5) is 11.5 Å². The molecule has 3 rings (SSSR count). The van der Waals surface area contributed by atoms with Gasteiger partial charge in [-0.05, 0) is 31.0 Å². The lowest BCUT2D eigenvalue weighted by Gasteiger charge is -2.21. The molecule has 0 radical (unpaired) electrons. The lowest BCUT2D eigenvalue weighted by molar-refractivity contribution is 0.0696. The fourth-order valence-electron chi connectivity index (χ4n) is 3.02. The Morgan fingerprint density at radius 2 is 1.89 bits per heavy atom. The molecule has 2 aromatic rings. The molecule has 0 unspecified atom stereocenters. The van der Waals surface area contributed by atoms with E-state index in [1.54, 1.807) is 6.07 Å². The molecule has 1 aliphatic rings. The Kier molecular flexibility index (Phi) is 5.59. The van der Waals surface area contributed by atoms with E-state index in [0.717, 1.165) is 25.9 Å². The van der Waals surface area contributed by atoms with Crippen molar-refractivity contribution in [1.29, 1.82) is 0 Å². The summed E-state index contributed by atoms with van der Waals surface area (Å²) in [6.07, 6.45) is 3.14. The van der Waals surface area contributed by atoms with Crippen molar-refractivity contribution in [1.82, 2.24) is 4.98 Å². The van der Waals surface area contributed by atoms with E-state index in [9.17, 15) is 18.3 Å². The van der Waals surface area contributed by atoms with Crippen molar-refractivity contribution in [2.75, 3.05) is 36.9 Å². The van der Waals surface area contributed by atoms with E-state index in [2.05, 4.69) is 9.71 Å². The van der Waals surface area contributed by atoms with Crippen LogP contribution in [0.3, 0.4) is 0 Å². The number of ether oxygens (including phenoxy) is 2. The fraction of sp³-hybridized carbons (Fsp3) is 0.333. The van der Waals surface area contributed by atoms with Gasteiger partial charge in [0, 0.05) is 25.4 Å². The highest BCUT2D eigenvalue weighted by molar-refractivity contribution is 7.92. The zero-order valence-electron chi connectivity index (χ0n) is 15.5. The van der Waals surface area contributed by atoms with Crippen molar-refractivity contribution in [3.05, 3.63) is 36.0 Å². The number of aromatic carboxylic acids is 1. The summed E-state index contributed by atoms with van der Waals surface area (Å²) in [7, 11) is -1.31. The maximum Gasteiger partial charge on any atom is 0.337 e. The highest BCUT2D eigenvalue weighted by atomic mass is 32.2. The number of methoxy groups -OCH3 is 2. The van der Waals surface area contributed by atoms with Crippen LogP contribution in [0, 0.1) is 0 Å². The highest BCUT2D eigenvalue weighted by Gasteiger charge is 2.25. The molecule has 0 atom stereocenters. The molecule has 1 aromatic heterocycles. The van der Waals surface area contributed by atoms with Crippen molar-refractivity contribution >= 4 is 27.5 Å². The van der Waals surface area contributed by atoms with Crippen LogP contribution in [0.2, 0.25) is 0 Å². The van der Waals surface area contributed by atoms with Gasteiger partial charge in [-0.2, -0.15) is 0 Å². The molecule has 2 heterocycles. The number of sulfonamides is 1. The van der Waals surface area contributed by atoms with Crippen molar-refractivity contribution < 1.29 is 27.8 Å². The zero-order chi connectivity index (χ0) is 20.3. The van der Waals surface area contributed by atoms with Crippen molar-refractivity contribution in [3.63, 3.8) is 0 Å². The van der Waals surface area contributed by atoms with Crippen LogP contribution in [-0.4, -0.2) is 51.8 Å². The summed E-state index contributed by atoms with van der Waals surface area (Å²) in [5.74, 6) is -0.315. The monoisotopic (exact) mass is 407 g/mol. The number of carbonyl (C=O) groups is 1. The minimum Gasteiger partial charge on any atom is -0.497 e. The number of benzene rings is 1. The second-order valence-electron chi connectivity index (χ2n) is 6.22. The van der Waals surface area contributed by atoms with Crippen molar-refractivity contribution in [2.24, 2.45) is 0 Å². The van der Waals surface area contributed by atoms with E-state index in [0.29, 0.717) is 11.6 Å². The van der Waals surface area contributed by atoms with Crippen molar-refractivity contribution in [2.45, 2.75) is 17.7 Å². The number of hydrogen-bond acceptors (Lipinski definition) is 7. The minimum atomic E-state index is -4.10. The third kappa shape index (κ3) is 3.96. The van der Waals surface area contributed by atoms with Gasteiger partial charge in [-0.15, -0.1) is 0 Å². The first kappa shape index (κ1) is 19.7. The molecule has 1 fully saturated rings. The molecule has 2 N–H and O–H groups in total. The van der Waals surface area contributed by atoms with Gasteiger partial charge >= 0.3 is 5.97 Å². The minimum absolute atomic E-state index is 0.103. The highest BCUT2D eigenvalue weighted by Crippen LogP contribution is 2.33. The number of anilines is 2. The smallest absolute Gasteiger partial charge is 0.337 e. The average molecular weight is 407 g/mol. The summed E-state index contributed by atoms with van der Waals surface area (Å²) in [5.41, 5.74) is -0.00933. The Balaban J connectivity index is 2.06. The maximum atomic E-state index is 13.1. The van der Waals surface area contributed by atoms with Crippen LogP contribution in [0.1, 0.15) is 23.2 Å². The van der Waals surface area contributed by atoms with Crippen LogP contribution < -0.4 is 19.1 Å². The quantitative estimate of drug-likeness (QED) is 0.717. The Morgan fingerprint density at radius 1 is 1.18 bits per heavy atom. The molecule has 0 bridgehead atoms. The average Bonchev–Trinajstić information content (AvgIpc) is 3.21. The Labute approximate surface area is 163 Å².